The number of alkyl halides is 3. The van der Waals surface area contributed by atoms with Crippen LogP contribution in [0, 0.1) is 11.8 Å². The number of hydrogen-bond acceptors (Lipinski definition) is 7. The molecule has 3 aromatic rings. The van der Waals surface area contributed by atoms with Crippen LogP contribution in [-0.2, 0) is 20.6 Å². The highest BCUT2D eigenvalue weighted by atomic mass is 32.1. The Balaban J connectivity index is 1.28. The van der Waals surface area contributed by atoms with Crippen LogP contribution in [0.1, 0.15) is 63.9 Å². The van der Waals surface area contributed by atoms with Crippen LogP contribution in [0.5, 0.6) is 5.19 Å². The van der Waals surface area contributed by atoms with Crippen molar-refractivity contribution in [2.45, 2.75) is 88.2 Å². The fourth-order valence-electron chi connectivity index (χ4n) is 6.92. The minimum Gasteiger partial charge on any atom is -0.479 e. The predicted octanol–water partition coefficient (Wildman–Crippen LogP) is 6.09. The van der Waals surface area contributed by atoms with Crippen molar-refractivity contribution in [3.8, 4) is 5.19 Å². The van der Waals surface area contributed by atoms with Gasteiger partial charge >= 0.3 is 12.1 Å². The molecule has 0 bridgehead atoms. The lowest BCUT2D eigenvalue weighted by Crippen LogP contribution is -2.55. The summed E-state index contributed by atoms with van der Waals surface area (Å²) < 4.78 is 46.7. The van der Waals surface area contributed by atoms with Crippen LogP contribution in [0.3, 0.4) is 0 Å². The molecule has 2 amide bonds. The standard InChI is InChI=1S/C33H37F3N4O5S/c1-19-8-4-2-3-5-10-25(37-21-14-12-20(13-15-21)33(34,35)36)29(42)40-18-22(45-31-38-24-9-6-7-11-27(24)46-31)16-26(40)28(41)39-32(30(43)44)17-23(19)32/h6-7,9,11-15,19,22-23,25-26,37H,2-5,8,10,16-18H2,1H3,(H,39,41)(H,43,44)/t19?,22-,23+,25+,26+,32-/m1/s1. The Morgan fingerprint density at radius 3 is 2.50 bits per heavy atom. The number of benzene rings is 2. The van der Waals surface area contributed by atoms with E-state index in [0.717, 1.165) is 48.0 Å². The van der Waals surface area contributed by atoms with Gasteiger partial charge in [0.25, 0.3) is 5.19 Å². The zero-order valence-electron chi connectivity index (χ0n) is 25.4. The molecule has 3 fully saturated rings. The van der Waals surface area contributed by atoms with Crippen LogP contribution in [-0.4, -0.2) is 63.0 Å². The number of rotatable bonds is 5. The number of aromatic nitrogens is 1. The third-order valence-electron chi connectivity index (χ3n) is 9.57. The Morgan fingerprint density at radius 2 is 1.80 bits per heavy atom. The molecule has 1 saturated carbocycles. The number of hydrogen-bond donors (Lipinski definition) is 3. The van der Waals surface area contributed by atoms with Crippen molar-refractivity contribution in [3.63, 3.8) is 0 Å². The highest BCUT2D eigenvalue weighted by Gasteiger charge is 2.64. The van der Waals surface area contributed by atoms with E-state index in [9.17, 15) is 32.7 Å². The van der Waals surface area contributed by atoms with Gasteiger partial charge in [0.1, 0.15) is 23.7 Å². The number of carboxylic acid groups (broad SMARTS) is 1. The number of carbonyl (C=O) groups excluding carboxylic acids is 2. The summed E-state index contributed by atoms with van der Waals surface area (Å²) in [4.78, 5) is 46.6. The molecule has 6 rings (SSSR count). The summed E-state index contributed by atoms with van der Waals surface area (Å²) in [6, 6.07) is 10.3. The molecule has 1 aromatic heterocycles. The molecule has 3 heterocycles. The second kappa shape index (κ2) is 12.7. The molecule has 3 N–H and O–H groups in total. The van der Waals surface area contributed by atoms with E-state index in [1.807, 2.05) is 31.2 Å². The highest BCUT2D eigenvalue weighted by Crippen LogP contribution is 2.50. The quantitative estimate of drug-likeness (QED) is 0.303. The number of nitrogens with one attached hydrogen (secondary N) is 2. The van der Waals surface area contributed by atoms with Gasteiger partial charge in [-0.2, -0.15) is 13.2 Å². The molecule has 6 atom stereocenters. The summed E-state index contributed by atoms with van der Waals surface area (Å²) in [5.41, 5.74) is -1.05. The van der Waals surface area contributed by atoms with E-state index in [4.69, 9.17) is 4.74 Å². The van der Waals surface area contributed by atoms with Gasteiger partial charge in [0.15, 0.2) is 0 Å². The minimum atomic E-state index is -4.49. The molecule has 1 aliphatic carbocycles. The molecule has 2 aromatic carbocycles. The van der Waals surface area contributed by atoms with Gasteiger partial charge in [0, 0.05) is 12.1 Å². The van der Waals surface area contributed by atoms with Crippen LogP contribution in [0.15, 0.2) is 48.5 Å². The Hall–Kier alpha value is -3.87. The number of carbonyl (C=O) groups is 3. The summed E-state index contributed by atoms with van der Waals surface area (Å²) >= 11 is 1.35. The van der Waals surface area contributed by atoms with E-state index < -0.39 is 53.2 Å². The smallest absolute Gasteiger partial charge is 0.416 e. The number of anilines is 1. The van der Waals surface area contributed by atoms with Gasteiger partial charge in [-0.15, -0.1) is 0 Å². The van der Waals surface area contributed by atoms with E-state index in [1.165, 1.54) is 28.4 Å². The molecule has 2 saturated heterocycles. The van der Waals surface area contributed by atoms with Gasteiger partial charge in [-0.05, 0) is 61.1 Å². The van der Waals surface area contributed by atoms with Gasteiger partial charge in [0.2, 0.25) is 11.8 Å². The molecule has 1 unspecified atom stereocenters. The first kappa shape index (κ1) is 32.1. The average Bonchev–Trinajstić information content (AvgIpc) is 3.37. The Kier molecular flexibility index (Phi) is 8.88. The topological polar surface area (TPSA) is 121 Å². The number of aliphatic carboxylic acids is 1. The average molecular weight is 659 g/mol. The zero-order chi connectivity index (χ0) is 32.6. The van der Waals surface area contributed by atoms with E-state index in [2.05, 4.69) is 15.6 Å². The molecule has 2 aliphatic heterocycles. The van der Waals surface area contributed by atoms with E-state index in [1.54, 1.807) is 0 Å². The largest absolute Gasteiger partial charge is 0.479 e. The van der Waals surface area contributed by atoms with E-state index >= 15 is 0 Å². The third kappa shape index (κ3) is 6.65. The molecule has 0 radical (unpaired) electrons. The fraction of sp³-hybridized carbons (Fsp3) is 0.515. The van der Waals surface area contributed by atoms with Gasteiger partial charge in [0.05, 0.1) is 22.3 Å². The van der Waals surface area contributed by atoms with Crippen molar-refractivity contribution in [2.24, 2.45) is 11.8 Å². The van der Waals surface area contributed by atoms with Gasteiger partial charge in [-0.3, -0.25) is 9.59 Å². The van der Waals surface area contributed by atoms with Crippen LogP contribution in [0.25, 0.3) is 10.2 Å². The summed E-state index contributed by atoms with van der Waals surface area (Å²) in [6.07, 6.45) is -0.0451. The lowest BCUT2D eigenvalue weighted by Gasteiger charge is -2.30. The third-order valence-corrected chi connectivity index (χ3v) is 10.5. The molecule has 246 valence electrons. The first-order chi connectivity index (χ1) is 21.9. The van der Waals surface area contributed by atoms with Crippen molar-refractivity contribution >= 4 is 45.0 Å². The SMILES string of the molecule is CC1CCCCCC[C@H](Nc2ccc(C(F)(F)F)cc2)C(=O)N2C[C@H](Oc3nc4ccccc4s3)C[C@H]2C(=O)N[C@]2(C(=O)O)C[C@@H]12. The van der Waals surface area contributed by atoms with E-state index in [0.29, 0.717) is 30.1 Å². The number of halogens is 3. The molecule has 9 nitrogen and oxygen atoms in total. The van der Waals surface area contributed by atoms with Crippen molar-refractivity contribution in [2.75, 3.05) is 11.9 Å². The minimum absolute atomic E-state index is 0.0674. The second-order valence-corrected chi connectivity index (χ2v) is 13.7. The predicted molar refractivity (Wildman–Crippen MR) is 166 cm³/mol. The second-order valence-electron chi connectivity index (χ2n) is 12.7. The van der Waals surface area contributed by atoms with E-state index in [-0.39, 0.29) is 24.8 Å². The molecular formula is C33H37F3N4O5S. The Bertz CT molecular complexity index is 1560. The van der Waals surface area contributed by atoms with Crippen LogP contribution in [0.2, 0.25) is 0 Å². The monoisotopic (exact) mass is 658 g/mol. The number of carboxylic acids is 1. The summed E-state index contributed by atoms with van der Waals surface area (Å²) in [6.45, 7) is 2.09. The number of fused-ring (bicyclic) bond motifs is 3. The zero-order valence-corrected chi connectivity index (χ0v) is 26.2. The van der Waals surface area contributed by atoms with Crippen molar-refractivity contribution < 1.29 is 37.4 Å². The molecule has 0 spiro atoms. The maximum absolute atomic E-state index is 14.3. The maximum atomic E-state index is 14.3. The number of ether oxygens (including phenoxy) is 1. The van der Waals surface area contributed by atoms with Crippen molar-refractivity contribution in [1.82, 2.24) is 15.2 Å². The lowest BCUT2D eigenvalue weighted by atomic mass is 9.94. The fourth-order valence-corrected chi connectivity index (χ4v) is 7.80. The van der Waals surface area contributed by atoms with Crippen molar-refractivity contribution in [3.05, 3.63) is 54.1 Å². The van der Waals surface area contributed by atoms with Crippen molar-refractivity contribution in [1.29, 1.82) is 0 Å². The Labute approximate surface area is 268 Å². The van der Waals surface area contributed by atoms with Gasteiger partial charge in [-0.1, -0.05) is 62.5 Å². The first-order valence-corrected chi connectivity index (χ1v) is 16.6. The van der Waals surface area contributed by atoms with Crippen LogP contribution >= 0.6 is 11.3 Å². The normalized spacial score (nSPS) is 29.2. The number of amides is 2. The maximum Gasteiger partial charge on any atom is 0.416 e. The lowest BCUT2D eigenvalue weighted by molar-refractivity contribution is -0.146. The number of nitrogens with zero attached hydrogens (tertiary/aromatic N) is 2. The molecular weight excluding hydrogens is 621 g/mol. The highest BCUT2D eigenvalue weighted by molar-refractivity contribution is 7.20. The molecule has 3 aliphatic rings. The summed E-state index contributed by atoms with van der Waals surface area (Å²) in [5.74, 6) is -2.12. The Morgan fingerprint density at radius 1 is 1.09 bits per heavy atom. The number of thiazole rings is 1. The van der Waals surface area contributed by atoms with Gasteiger partial charge < -0.3 is 25.4 Å². The summed E-state index contributed by atoms with van der Waals surface area (Å²) in [5, 5.41) is 16.6. The van der Waals surface area contributed by atoms with Crippen LogP contribution < -0.4 is 15.4 Å². The first-order valence-electron chi connectivity index (χ1n) is 15.8. The molecule has 46 heavy (non-hydrogen) atoms. The molecule has 13 heteroatoms. The van der Waals surface area contributed by atoms with Gasteiger partial charge in [-0.25, -0.2) is 9.78 Å². The number of para-hydroxylation sites is 1. The van der Waals surface area contributed by atoms with Crippen LogP contribution in [0.4, 0.5) is 18.9 Å². The summed E-state index contributed by atoms with van der Waals surface area (Å²) in [7, 11) is 0.